The molecule has 1 aromatic rings. The lowest BCUT2D eigenvalue weighted by Gasteiger charge is -2.20. The Morgan fingerprint density at radius 3 is 3.27 bits per heavy atom. The van der Waals surface area contributed by atoms with Gasteiger partial charge in [-0.05, 0) is 42.4 Å². The molecule has 1 aliphatic carbocycles. The van der Waals surface area contributed by atoms with Crippen LogP contribution in [0.1, 0.15) is 24.5 Å². The average Bonchev–Trinajstić information content (AvgIpc) is 2.04. The van der Waals surface area contributed by atoms with Gasteiger partial charge >= 0.3 is 0 Å². The number of aryl methyl sites for hydroxylation is 1. The van der Waals surface area contributed by atoms with E-state index in [2.05, 4.69) is 18.0 Å². The molecule has 0 spiro atoms. The zero-order valence-corrected chi connectivity index (χ0v) is 6.88. The predicted molar refractivity (Wildman–Crippen MR) is 45.4 cm³/mol. The van der Waals surface area contributed by atoms with E-state index in [-0.39, 0.29) is 0 Å². The van der Waals surface area contributed by atoms with Crippen LogP contribution in [0.3, 0.4) is 0 Å². The van der Waals surface area contributed by atoms with Crippen molar-refractivity contribution in [3.63, 3.8) is 0 Å². The van der Waals surface area contributed by atoms with Crippen molar-refractivity contribution in [1.29, 1.82) is 0 Å². The standard InChI is InChI=1S/C10H13N/c1-8-2-3-10-7-11-5-4-9(10)6-8/h4-5,7-8H,2-3,6H2,1H3/t8-/m1/s1. The van der Waals surface area contributed by atoms with E-state index in [1.54, 1.807) is 0 Å². The highest BCUT2D eigenvalue weighted by molar-refractivity contribution is 5.25. The van der Waals surface area contributed by atoms with Crippen molar-refractivity contribution in [3.05, 3.63) is 29.6 Å². The van der Waals surface area contributed by atoms with Gasteiger partial charge in [0.15, 0.2) is 0 Å². The number of pyridine rings is 1. The van der Waals surface area contributed by atoms with Crippen molar-refractivity contribution in [2.45, 2.75) is 26.2 Å². The minimum absolute atomic E-state index is 0.866. The van der Waals surface area contributed by atoms with Gasteiger partial charge in [-0.15, -0.1) is 0 Å². The van der Waals surface area contributed by atoms with E-state index in [9.17, 15) is 0 Å². The summed E-state index contributed by atoms with van der Waals surface area (Å²) in [5.74, 6) is 0.866. The van der Waals surface area contributed by atoms with E-state index >= 15 is 0 Å². The molecule has 0 unspecified atom stereocenters. The van der Waals surface area contributed by atoms with Crippen LogP contribution in [0.15, 0.2) is 18.5 Å². The molecule has 58 valence electrons. The van der Waals surface area contributed by atoms with Crippen molar-refractivity contribution < 1.29 is 0 Å². The maximum Gasteiger partial charge on any atom is 0.0302 e. The van der Waals surface area contributed by atoms with Gasteiger partial charge in [-0.3, -0.25) is 4.98 Å². The molecule has 1 heteroatoms. The summed E-state index contributed by atoms with van der Waals surface area (Å²) >= 11 is 0. The van der Waals surface area contributed by atoms with E-state index in [4.69, 9.17) is 0 Å². The third-order valence-electron chi connectivity index (χ3n) is 2.48. The van der Waals surface area contributed by atoms with E-state index in [0.29, 0.717) is 0 Å². The quantitative estimate of drug-likeness (QED) is 0.548. The molecule has 11 heavy (non-hydrogen) atoms. The first-order valence-corrected chi connectivity index (χ1v) is 4.28. The first-order valence-electron chi connectivity index (χ1n) is 4.28. The van der Waals surface area contributed by atoms with Gasteiger partial charge in [-0.1, -0.05) is 6.92 Å². The van der Waals surface area contributed by atoms with E-state index in [1.807, 2.05) is 12.4 Å². The van der Waals surface area contributed by atoms with Gasteiger partial charge < -0.3 is 0 Å². The minimum Gasteiger partial charge on any atom is -0.264 e. The first-order chi connectivity index (χ1) is 5.36. The number of hydrogen-bond acceptors (Lipinski definition) is 1. The largest absolute Gasteiger partial charge is 0.264 e. The predicted octanol–water partition coefficient (Wildman–Crippen LogP) is 2.21. The van der Waals surface area contributed by atoms with Crippen molar-refractivity contribution in [2.24, 2.45) is 5.92 Å². The monoisotopic (exact) mass is 147 g/mol. The molecule has 1 aromatic heterocycles. The van der Waals surface area contributed by atoms with Crippen LogP contribution >= 0.6 is 0 Å². The van der Waals surface area contributed by atoms with Crippen LogP contribution in [0.5, 0.6) is 0 Å². The van der Waals surface area contributed by atoms with Crippen molar-refractivity contribution in [1.82, 2.24) is 4.98 Å². The zero-order valence-electron chi connectivity index (χ0n) is 6.88. The van der Waals surface area contributed by atoms with Crippen LogP contribution in [-0.2, 0) is 12.8 Å². The number of hydrogen-bond donors (Lipinski definition) is 0. The van der Waals surface area contributed by atoms with Crippen LogP contribution < -0.4 is 0 Å². The molecule has 0 radical (unpaired) electrons. The lowest BCUT2D eigenvalue weighted by Crippen LogP contribution is -2.10. The minimum atomic E-state index is 0.866. The Morgan fingerprint density at radius 1 is 1.45 bits per heavy atom. The normalized spacial score (nSPS) is 22.8. The van der Waals surface area contributed by atoms with Gasteiger partial charge in [0.1, 0.15) is 0 Å². The summed E-state index contributed by atoms with van der Waals surface area (Å²) in [7, 11) is 0. The van der Waals surface area contributed by atoms with Gasteiger partial charge in [0, 0.05) is 12.4 Å². The van der Waals surface area contributed by atoms with Crippen LogP contribution in [0.4, 0.5) is 0 Å². The van der Waals surface area contributed by atoms with Crippen molar-refractivity contribution in [2.75, 3.05) is 0 Å². The highest BCUT2D eigenvalue weighted by Gasteiger charge is 2.13. The third-order valence-corrected chi connectivity index (χ3v) is 2.48. The molecule has 0 aromatic carbocycles. The fourth-order valence-electron chi connectivity index (χ4n) is 1.76. The zero-order chi connectivity index (χ0) is 7.68. The molecule has 0 fully saturated rings. The average molecular weight is 147 g/mol. The third kappa shape index (κ3) is 1.28. The summed E-state index contributed by atoms with van der Waals surface area (Å²) in [5, 5.41) is 0. The van der Waals surface area contributed by atoms with E-state index < -0.39 is 0 Å². The Balaban J connectivity index is 2.34. The smallest absolute Gasteiger partial charge is 0.0302 e. The van der Waals surface area contributed by atoms with E-state index in [0.717, 1.165) is 5.92 Å². The number of fused-ring (bicyclic) bond motifs is 1. The van der Waals surface area contributed by atoms with Crippen LogP contribution in [0.2, 0.25) is 0 Å². The molecule has 0 N–H and O–H groups in total. The fraction of sp³-hybridized carbons (Fsp3) is 0.500. The number of nitrogens with zero attached hydrogens (tertiary/aromatic N) is 1. The Kier molecular flexibility index (Phi) is 1.65. The Labute approximate surface area is 67.5 Å². The van der Waals surface area contributed by atoms with Crippen molar-refractivity contribution in [3.8, 4) is 0 Å². The summed E-state index contributed by atoms with van der Waals surface area (Å²) in [4.78, 5) is 4.12. The van der Waals surface area contributed by atoms with Gasteiger partial charge in [-0.2, -0.15) is 0 Å². The lowest BCUT2D eigenvalue weighted by atomic mass is 9.86. The van der Waals surface area contributed by atoms with Gasteiger partial charge in [0.05, 0.1) is 0 Å². The number of rotatable bonds is 0. The van der Waals surface area contributed by atoms with Crippen LogP contribution in [-0.4, -0.2) is 4.98 Å². The second-order valence-electron chi connectivity index (χ2n) is 3.49. The highest BCUT2D eigenvalue weighted by atomic mass is 14.6. The van der Waals surface area contributed by atoms with Crippen LogP contribution in [0.25, 0.3) is 0 Å². The molecule has 0 bridgehead atoms. The van der Waals surface area contributed by atoms with E-state index in [1.165, 1.54) is 30.4 Å². The Bertz CT molecular complexity index is 255. The number of aromatic nitrogens is 1. The molecule has 2 rings (SSSR count). The SMILES string of the molecule is C[C@@H]1CCc2cnccc2C1. The molecule has 1 aliphatic rings. The van der Waals surface area contributed by atoms with Crippen LogP contribution in [0, 0.1) is 5.92 Å². The molecule has 1 nitrogen and oxygen atoms in total. The molecular weight excluding hydrogens is 134 g/mol. The van der Waals surface area contributed by atoms with Gasteiger partial charge in [-0.25, -0.2) is 0 Å². The molecule has 0 amide bonds. The topological polar surface area (TPSA) is 12.9 Å². The second-order valence-corrected chi connectivity index (χ2v) is 3.49. The van der Waals surface area contributed by atoms with Crippen molar-refractivity contribution >= 4 is 0 Å². The molecule has 0 saturated heterocycles. The maximum atomic E-state index is 4.12. The first kappa shape index (κ1) is 6.84. The summed E-state index contributed by atoms with van der Waals surface area (Å²) in [6.07, 6.45) is 7.72. The molecule has 1 heterocycles. The molecule has 0 aliphatic heterocycles. The van der Waals surface area contributed by atoms with Gasteiger partial charge in [0.25, 0.3) is 0 Å². The lowest BCUT2D eigenvalue weighted by molar-refractivity contribution is 0.500. The maximum absolute atomic E-state index is 4.12. The summed E-state index contributed by atoms with van der Waals surface area (Å²) < 4.78 is 0. The Morgan fingerprint density at radius 2 is 2.36 bits per heavy atom. The summed E-state index contributed by atoms with van der Waals surface area (Å²) in [6.45, 7) is 2.32. The Hall–Kier alpha value is -0.850. The summed E-state index contributed by atoms with van der Waals surface area (Å²) in [5.41, 5.74) is 2.98. The second kappa shape index (κ2) is 2.65. The molecule has 0 saturated carbocycles. The molecule has 1 atom stereocenters. The fourth-order valence-corrected chi connectivity index (χ4v) is 1.76. The molecular formula is C10H13N. The summed E-state index contributed by atoms with van der Waals surface area (Å²) in [6, 6.07) is 2.16. The van der Waals surface area contributed by atoms with Gasteiger partial charge in [0.2, 0.25) is 0 Å². The highest BCUT2D eigenvalue weighted by Crippen LogP contribution is 2.23.